The normalized spacial score (nSPS) is 15.9. The zero-order valence-corrected chi connectivity index (χ0v) is 11.7. The lowest BCUT2D eigenvalue weighted by Gasteiger charge is -2.14. The van der Waals surface area contributed by atoms with E-state index in [1.165, 1.54) is 18.4 Å². The molecule has 1 aromatic heterocycles. The number of hydrogen-bond acceptors (Lipinski definition) is 2. The number of rotatable bonds is 4. The number of allylic oxidation sites excluding steroid dienone is 2. The Balaban J connectivity index is 2.18. The second-order valence-electron chi connectivity index (χ2n) is 5.09. The third-order valence-electron chi connectivity index (χ3n) is 3.28. The number of carbonyl (C=O) groups is 1. The Morgan fingerprint density at radius 3 is 2.89 bits per heavy atom. The second kappa shape index (κ2) is 5.70. The first-order valence-corrected chi connectivity index (χ1v) is 6.91. The standard InChI is InChI=1S/C14H19ClN2O/c1-10(2)17-14(12(15)9-16-17)13(18)8-11-6-4-3-5-7-11/h6,9-10H,3-5,7-8H2,1-2H3. The summed E-state index contributed by atoms with van der Waals surface area (Å²) in [5, 5.41) is 4.64. The van der Waals surface area contributed by atoms with Crippen LogP contribution in [0.5, 0.6) is 0 Å². The molecule has 0 saturated carbocycles. The van der Waals surface area contributed by atoms with E-state index in [0.29, 0.717) is 17.1 Å². The maximum Gasteiger partial charge on any atom is 0.186 e. The Morgan fingerprint density at radius 2 is 2.28 bits per heavy atom. The first-order chi connectivity index (χ1) is 8.59. The van der Waals surface area contributed by atoms with Gasteiger partial charge in [-0.2, -0.15) is 5.10 Å². The average molecular weight is 267 g/mol. The smallest absolute Gasteiger partial charge is 0.186 e. The summed E-state index contributed by atoms with van der Waals surface area (Å²) >= 11 is 6.08. The number of carbonyl (C=O) groups excluding carboxylic acids is 1. The van der Waals surface area contributed by atoms with Crippen LogP contribution in [0.25, 0.3) is 0 Å². The van der Waals surface area contributed by atoms with Crippen molar-refractivity contribution < 1.29 is 4.79 Å². The minimum atomic E-state index is 0.0827. The second-order valence-corrected chi connectivity index (χ2v) is 5.49. The molecule has 0 fully saturated rings. The Morgan fingerprint density at radius 1 is 1.50 bits per heavy atom. The van der Waals surface area contributed by atoms with Gasteiger partial charge < -0.3 is 0 Å². The number of hydrogen-bond donors (Lipinski definition) is 0. The molecule has 4 heteroatoms. The van der Waals surface area contributed by atoms with E-state index in [4.69, 9.17) is 11.6 Å². The molecule has 1 aliphatic rings. The Hall–Kier alpha value is -1.09. The van der Waals surface area contributed by atoms with E-state index in [2.05, 4.69) is 11.2 Å². The fourth-order valence-corrected chi connectivity index (χ4v) is 2.58. The maximum absolute atomic E-state index is 12.3. The van der Waals surface area contributed by atoms with E-state index in [1.54, 1.807) is 10.9 Å². The van der Waals surface area contributed by atoms with Gasteiger partial charge in [-0.15, -0.1) is 0 Å². The van der Waals surface area contributed by atoms with Crippen LogP contribution in [0, 0.1) is 0 Å². The monoisotopic (exact) mass is 266 g/mol. The highest BCUT2D eigenvalue weighted by molar-refractivity contribution is 6.33. The molecule has 18 heavy (non-hydrogen) atoms. The molecule has 0 radical (unpaired) electrons. The topological polar surface area (TPSA) is 34.9 Å². The fraction of sp³-hybridized carbons (Fsp3) is 0.571. The molecule has 98 valence electrons. The molecule has 0 bridgehead atoms. The van der Waals surface area contributed by atoms with Crippen LogP contribution in [0.2, 0.25) is 5.02 Å². The van der Waals surface area contributed by atoms with E-state index >= 15 is 0 Å². The van der Waals surface area contributed by atoms with Crippen LogP contribution >= 0.6 is 11.6 Å². The number of Topliss-reactive ketones (excluding diaryl/α,β-unsaturated/α-hetero) is 1. The highest BCUT2D eigenvalue weighted by Gasteiger charge is 2.20. The van der Waals surface area contributed by atoms with Gasteiger partial charge in [0.2, 0.25) is 0 Å². The van der Waals surface area contributed by atoms with Gasteiger partial charge in [0, 0.05) is 12.5 Å². The van der Waals surface area contributed by atoms with Gasteiger partial charge in [-0.25, -0.2) is 0 Å². The molecular weight excluding hydrogens is 248 g/mol. The van der Waals surface area contributed by atoms with Crippen LogP contribution in [0.4, 0.5) is 0 Å². The maximum atomic E-state index is 12.3. The van der Waals surface area contributed by atoms with Crippen LogP contribution in [-0.2, 0) is 0 Å². The molecule has 0 spiro atoms. The van der Waals surface area contributed by atoms with Gasteiger partial charge in [0.15, 0.2) is 5.78 Å². The summed E-state index contributed by atoms with van der Waals surface area (Å²) in [5.41, 5.74) is 1.80. The molecule has 0 N–H and O–H groups in total. The minimum absolute atomic E-state index is 0.0827. The van der Waals surface area contributed by atoms with Gasteiger partial charge in [-0.05, 0) is 39.5 Å². The fourth-order valence-electron chi connectivity index (χ4n) is 2.35. The first-order valence-electron chi connectivity index (χ1n) is 6.53. The number of halogens is 1. The van der Waals surface area contributed by atoms with Crippen LogP contribution in [0.1, 0.15) is 62.5 Å². The molecule has 2 rings (SSSR count). The van der Waals surface area contributed by atoms with Crippen molar-refractivity contribution in [2.24, 2.45) is 0 Å². The summed E-state index contributed by atoms with van der Waals surface area (Å²) < 4.78 is 1.72. The lowest BCUT2D eigenvalue weighted by molar-refractivity contribution is 0.0979. The highest BCUT2D eigenvalue weighted by atomic mass is 35.5. The first kappa shape index (κ1) is 13.3. The summed E-state index contributed by atoms with van der Waals surface area (Å²) in [5.74, 6) is 0.0827. The van der Waals surface area contributed by atoms with Gasteiger partial charge in [-0.1, -0.05) is 23.3 Å². The zero-order chi connectivity index (χ0) is 13.1. The van der Waals surface area contributed by atoms with Crippen molar-refractivity contribution in [3.63, 3.8) is 0 Å². The largest absolute Gasteiger partial charge is 0.292 e. The predicted molar refractivity (Wildman–Crippen MR) is 73.1 cm³/mol. The summed E-state index contributed by atoms with van der Waals surface area (Å²) in [6.45, 7) is 4.00. The van der Waals surface area contributed by atoms with Crippen molar-refractivity contribution in [1.82, 2.24) is 9.78 Å². The highest BCUT2D eigenvalue weighted by Crippen LogP contribution is 2.25. The van der Waals surface area contributed by atoms with Gasteiger partial charge in [0.05, 0.1) is 11.2 Å². The predicted octanol–water partition coefficient (Wildman–Crippen LogP) is 4.19. The molecule has 1 aromatic rings. The lowest BCUT2D eigenvalue weighted by atomic mass is 9.95. The third kappa shape index (κ3) is 2.83. The van der Waals surface area contributed by atoms with Crippen molar-refractivity contribution >= 4 is 17.4 Å². The SMILES string of the molecule is CC(C)n1ncc(Cl)c1C(=O)CC1=CCCCC1. The molecule has 0 amide bonds. The van der Waals surface area contributed by atoms with E-state index in [1.807, 2.05) is 13.8 Å². The number of aromatic nitrogens is 2. The molecule has 0 aliphatic heterocycles. The number of ketones is 1. The Labute approximate surface area is 113 Å². The Bertz CT molecular complexity index is 474. The summed E-state index contributed by atoms with van der Waals surface area (Å²) in [7, 11) is 0. The van der Waals surface area contributed by atoms with Crippen LogP contribution in [0.15, 0.2) is 17.8 Å². The van der Waals surface area contributed by atoms with E-state index < -0.39 is 0 Å². The average Bonchev–Trinajstić information content (AvgIpc) is 2.72. The summed E-state index contributed by atoms with van der Waals surface area (Å²) in [4.78, 5) is 12.3. The molecule has 0 atom stereocenters. The summed E-state index contributed by atoms with van der Waals surface area (Å²) in [6, 6.07) is 0.150. The van der Waals surface area contributed by atoms with Gasteiger partial charge >= 0.3 is 0 Å². The van der Waals surface area contributed by atoms with Crippen molar-refractivity contribution in [3.05, 3.63) is 28.6 Å². The van der Waals surface area contributed by atoms with Crippen molar-refractivity contribution in [1.29, 1.82) is 0 Å². The molecular formula is C14H19ClN2O. The van der Waals surface area contributed by atoms with Crippen LogP contribution in [-0.4, -0.2) is 15.6 Å². The molecule has 0 saturated heterocycles. The molecule has 0 aromatic carbocycles. The van der Waals surface area contributed by atoms with Crippen LogP contribution < -0.4 is 0 Å². The van der Waals surface area contributed by atoms with E-state index in [-0.39, 0.29) is 11.8 Å². The quantitative estimate of drug-likeness (QED) is 0.605. The van der Waals surface area contributed by atoms with E-state index in [0.717, 1.165) is 12.8 Å². The molecule has 0 unspecified atom stereocenters. The Kier molecular flexibility index (Phi) is 4.23. The van der Waals surface area contributed by atoms with Crippen molar-refractivity contribution in [3.8, 4) is 0 Å². The zero-order valence-electron chi connectivity index (χ0n) is 10.9. The van der Waals surface area contributed by atoms with Gasteiger partial charge in [-0.3, -0.25) is 9.48 Å². The van der Waals surface area contributed by atoms with Crippen molar-refractivity contribution in [2.45, 2.75) is 52.0 Å². The van der Waals surface area contributed by atoms with E-state index in [9.17, 15) is 4.79 Å². The van der Waals surface area contributed by atoms with Crippen LogP contribution in [0.3, 0.4) is 0 Å². The third-order valence-corrected chi connectivity index (χ3v) is 3.55. The lowest BCUT2D eigenvalue weighted by Crippen LogP contribution is -2.14. The molecule has 1 aliphatic carbocycles. The number of nitrogens with zero attached hydrogens (tertiary/aromatic N) is 2. The minimum Gasteiger partial charge on any atom is -0.292 e. The van der Waals surface area contributed by atoms with Gasteiger partial charge in [0.1, 0.15) is 5.69 Å². The molecule has 1 heterocycles. The van der Waals surface area contributed by atoms with Gasteiger partial charge in [0.25, 0.3) is 0 Å². The molecule has 3 nitrogen and oxygen atoms in total. The van der Waals surface area contributed by atoms with Crippen molar-refractivity contribution in [2.75, 3.05) is 0 Å². The summed E-state index contributed by atoms with van der Waals surface area (Å²) in [6.07, 6.45) is 8.81.